The molecule has 0 aliphatic carbocycles. The summed E-state index contributed by atoms with van der Waals surface area (Å²) in [7, 11) is 0. The molecule has 0 heterocycles. The Balaban J connectivity index is -0.000000724. The molecular weight excluding hydrogens is 476 g/mol. The fraction of sp³-hybridized carbons (Fsp3) is 0.655. The van der Waals surface area contributed by atoms with Crippen molar-refractivity contribution in [1.29, 1.82) is 0 Å². The van der Waals surface area contributed by atoms with E-state index in [0.717, 1.165) is 50.2 Å². The summed E-state index contributed by atoms with van der Waals surface area (Å²) in [6.45, 7) is 15.1. The lowest BCUT2D eigenvalue weighted by Gasteiger charge is -2.03. The van der Waals surface area contributed by atoms with Gasteiger partial charge in [-0.05, 0) is 19.8 Å². The Morgan fingerprint density at radius 2 is 1.00 bits per heavy atom. The first-order chi connectivity index (χ1) is 17.8. The van der Waals surface area contributed by atoms with Crippen LogP contribution >= 0.6 is 0 Å². The lowest BCUT2D eigenvalue weighted by molar-refractivity contribution is -0.140. The van der Waals surface area contributed by atoms with Gasteiger partial charge >= 0.3 is 23.9 Å². The molecule has 0 atom stereocenters. The Kier molecular flexibility index (Phi) is 34.6. The molecule has 0 saturated heterocycles. The molecule has 0 aromatic carbocycles. The third-order valence-corrected chi connectivity index (χ3v) is 4.54. The second kappa shape index (κ2) is 33.1. The predicted molar refractivity (Wildman–Crippen MR) is 147 cm³/mol. The van der Waals surface area contributed by atoms with Crippen LogP contribution in [0.25, 0.3) is 0 Å². The molecule has 0 fully saturated rings. The van der Waals surface area contributed by atoms with Crippen LogP contribution in [0.1, 0.15) is 105 Å². The highest BCUT2D eigenvalue weighted by Gasteiger charge is 2.01. The van der Waals surface area contributed by atoms with Gasteiger partial charge in [-0.1, -0.05) is 91.2 Å². The first-order valence-corrected chi connectivity index (χ1v) is 13.4. The predicted octanol–water partition coefficient (Wildman–Crippen LogP) is 6.78. The number of rotatable bonds is 19. The molecular formula is C29H50O8. The summed E-state index contributed by atoms with van der Waals surface area (Å²) in [5, 5.41) is 0. The van der Waals surface area contributed by atoms with E-state index in [2.05, 4.69) is 36.5 Å². The van der Waals surface area contributed by atoms with Crippen LogP contribution in [0, 0.1) is 0 Å². The number of unbranched alkanes of at least 4 members (excludes halogenated alkanes) is 10. The fourth-order valence-electron chi connectivity index (χ4n) is 2.66. The summed E-state index contributed by atoms with van der Waals surface area (Å²) < 4.78 is 18.7. The van der Waals surface area contributed by atoms with E-state index in [9.17, 15) is 19.2 Å². The van der Waals surface area contributed by atoms with E-state index < -0.39 is 11.9 Å². The van der Waals surface area contributed by atoms with Gasteiger partial charge in [0.1, 0.15) is 0 Å². The quantitative estimate of drug-likeness (QED) is 0.0596. The van der Waals surface area contributed by atoms with Crippen molar-refractivity contribution in [2.45, 2.75) is 105 Å². The van der Waals surface area contributed by atoms with Crippen molar-refractivity contribution < 1.29 is 38.1 Å². The lowest BCUT2D eigenvalue weighted by Crippen LogP contribution is -2.06. The van der Waals surface area contributed by atoms with Gasteiger partial charge < -0.3 is 18.9 Å². The second-order valence-electron chi connectivity index (χ2n) is 7.94. The van der Waals surface area contributed by atoms with E-state index in [0.29, 0.717) is 19.8 Å². The topological polar surface area (TPSA) is 105 Å². The van der Waals surface area contributed by atoms with Crippen molar-refractivity contribution in [2.24, 2.45) is 0 Å². The van der Waals surface area contributed by atoms with Crippen LogP contribution in [0.3, 0.4) is 0 Å². The van der Waals surface area contributed by atoms with E-state index in [1.54, 1.807) is 6.92 Å². The average molecular weight is 527 g/mol. The van der Waals surface area contributed by atoms with Crippen LogP contribution in [0.5, 0.6) is 0 Å². The summed E-state index contributed by atoms with van der Waals surface area (Å²) >= 11 is 0. The van der Waals surface area contributed by atoms with E-state index in [4.69, 9.17) is 9.47 Å². The van der Waals surface area contributed by atoms with Crippen LogP contribution in [-0.2, 0) is 38.1 Å². The van der Waals surface area contributed by atoms with E-state index in [-0.39, 0.29) is 11.9 Å². The van der Waals surface area contributed by atoms with Gasteiger partial charge in [0.05, 0.1) is 26.1 Å². The number of esters is 4. The highest BCUT2D eigenvalue weighted by atomic mass is 16.5. The minimum absolute atomic E-state index is 0.329. The standard InChI is InChI=1S/C20H36O4.C5H8O2.C4H6O2/c1-3-5-7-9-11-13-17-23-19(21)15-16-20(22)24-18-14-12-10-8-6-4-2;1-3-5(6)7-4-2;1-3-6-4(2)5/h15-16H,3-14,17-18H2,1-2H3;3H,1,4H2,2H3;3H,1H2,2H3. The third kappa shape index (κ3) is 40.5. The van der Waals surface area contributed by atoms with Gasteiger partial charge in [-0.15, -0.1) is 0 Å². The fourth-order valence-corrected chi connectivity index (χ4v) is 2.66. The first-order valence-electron chi connectivity index (χ1n) is 13.4. The number of hydrogen-bond donors (Lipinski definition) is 0. The number of hydrogen-bond acceptors (Lipinski definition) is 8. The summed E-state index contributed by atoms with van der Waals surface area (Å²) in [4.78, 5) is 42.7. The van der Waals surface area contributed by atoms with E-state index in [1.807, 2.05) is 0 Å². The minimum Gasteiger partial charge on any atom is -0.463 e. The molecule has 0 saturated carbocycles. The molecule has 0 spiro atoms. The third-order valence-electron chi connectivity index (χ3n) is 4.54. The summed E-state index contributed by atoms with van der Waals surface area (Å²) in [5.41, 5.74) is 0. The Morgan fingerprint density at radius 1 is 0.595 bits per heavy atom. The molecule has 0 radical (unpaired) electrons. The molecule has 37 heavy (non-hydrogen) atoms. The minimum atomic E-state index is -0.472. The van der Waals surface area contributed by atoms with Crippen LogP contribution in [-0.4, -0.2) is 43.7 Å². The Morgan fingerprint density at radius 3 is 1.27 bits per heavy atom. The Bertz CT molecular complexity index is 593. The second-order valence-corrected chi connectivity index (χ2v) is 7.94. The molecule has 0 rings (SSSR count). The van der Waals surface area contributed by atoms with Crippen molar-refractivity contribution in [1.82, 2.24) is 0 Å². The largest absolute Gasteiger partial charge is 0.463 e. The SMILES string of the molecule is C=CC(=O)OCC.C=COC(C)=O.CCCCCCCCOC(=O)C=CC(=O)OCCCCCCCC. The maximum absolute atomic E-state index is 11.4. The maximum Gasteiger partial charge on any atom is 0.331 e. The summed E-state index contributed by atoms with van der Waals surface area (Å²) in [5.74, 6) is -1.63. The van der Waals surface area contributed by atoms with Crippen LogP contribution in [0.15, 0.2) is 37.6 Å². The van der Waals surface area contributed by atoms with Crippen LogP contribution < -0.4 is 0 Å². The molecule has 0 aliphatic rings. The van der Waals surface area contributed by atoms with Crippen molar-refractivity contribution in [3.8, 4) is 0 Å². The van der Waals surface area contributed by atoms with Gasteiger partial charge in [0.25, 0.3) is 0 Å². The monoisotopic (exact) mass is 526 g/mol. The molecule has 8 heteroatoms. The molecule has 214 valence electrons. The molecule has 0 N–H and O–H groups in total. The van der Waals surface area contributed by atoms with Crippen molar-refractivity contribution in [3.63, 3.8) is 0 Å². The summed E-state index contributed by atoms with van der Waals surface area (Å²) in [6, 6.07) is 0. The molecule has 0 aliphatic heterocycles. The van der Waals surface area contributed by atoms with Crippen LogP contribution in [0.2, 0.25) is 0 Å². The maximum atomic E-state index is 11.4. The summed E-state index contributed by atoms with van der Waals surface area (Å²) in [6.07, 6.45) is 18.3. The van der Waals surface area contributed by atoms with E-state index >= 15 is 0 Å². The average Bonchev–Trinajstić information content (AvgIpc) is 2.87. The van der Waals surface area contributed by atoms with Gasteiger partial charge in [-0.3, -0.25) is 4.79 Å². The Labute approximate surface area is 224 Å². The zero-order valence-electron chi connectivity index (χ0n) is 23.6. The Hall–Kier alpha value is -2.90. The lowest BCUT2D eigenvalue weighted by atomic mass is 10.1. The molecule has 0 aromatic heterocycles. The van der Waals surface area contributed by atoms with Crippen LogP contribution in [0.4, 0.5) is 0 Å². The van der Waals surface area contributed by atoms with Gasteiger partial charge in [0.2, 0.25) is 0 Å². The molecule has 0 bridgehead atoms. The van der Waals surface area contributed by atoms with Crippen molar-refractivity contribution in [3.05, 3.63) is 37.6 Å². The van der Waals surface area contributed by atoms with Gasteiger partial charge in [-0.2, -0.15) is 0 Å². The molecule has 8 nitrogen and oxygen atoms in total. The van der Waals surface area contributed by atoms with Gasteiger partial charge in [0.15, 0.2) is 0 Å². The normalized spacial score (nSPS) is 9.62. The van der Waals surface area contributed by atoms with Crippen molar-refractivity contribution >= 4 is 23.9 Å². The van der Waals surface area contributed by atoms with E-state index in [1.165, 1.54) is 58.3 Å². The van der Waals surface area contributed by atoms with Crippen molar-refractivity contribution in [2.75, 3.05) is 19.8 Å². The molecule has 0 aromatic rings. The molecule has 0 unspecified atom stereocenters. The smallest absolute Gasteiger partial charge is 0.331 e. The highest BCUT2D eigenvalue weighted by molar-refractivity contribution is 5.91. The zero-order valence-corrected chi connectivity index (χ0v) is 23.6. The number of ether oxygens (including phenoxy) is 4. The number of carbonyl (C=O) groups is 4. The highest BCUT2D eigenvalue weighted by Crippen LogP contribution is 2.06. The van der Waals surface area contributed by atoms with Gasteiger partial charge in [-0.25, -0.2) is 14.4 Å². The molecule has 0 amide bonds. The van der Waals surface area contributed by atoms with Gasteiger partial charge in [0, 0.05) is 25.2 Å². The number of carbonyl (C=O) groups excluding carboxylic acids is 4. The zero-order chi connectivity index (χ0) is 28.6. The first kappa shape index (κ1) is 38.6.